The second kappa shape index (κ2) is 16.9. The van der Waals surface area contributed by atoms with Gasteiger partial charge >= 0.3 is 12.1 Å². The number of esters is 1. The first-order chi connectivity index (χ1) is 25.6. The van der Waals surface area contributed by atoms with Gasteiger partial charge < -0.3 is 29.2 Å². The quantitative estimate of drug-likeness (QED) is 0.145. The molecule has 3 atom stereocenters. The number of nitrogens with zero attached hydrogens (tertiary/aromatic N) is 5. The molecule has 0 unspecified atom stereocenters. The third kappa shape index (κ3) is 9.25. The van der Waals surface area contributed by atoms with Gasteiger partial charge in [0, 0.05) is 55.9 Å². The molecule has 1 saturated heterocycles. The van der Waals surface area contributed by atoms with Crippen molar-refractivity contribution in [1.29, 1.82) is 0 Å². The predicted molar refractivity (Wildman–Crippen MR) is 206 cm³/mol. The van der Waals surface area contributed by atoms with E-state index in [9.17, 15) is 19.5 Å². The summed E-state index contributed by atoms with van der Waals surface area (Å²) in [7, 11) is 2.97. The molecule has 5 heterocycles. The lowest BCUT2D eigenvalue weighted by Crippen LogP contribution is -2.60. The Labute approximate surface area is 320 Å². The Hall–Kier alpha value is -4.44. The van der Waals surface area contributed by atoms with Gasteiger partial charge in [0.05, 0.1) is 52.0 Å². The monoisotopic (exact) mass is 763 g/mol. The van der Waals surface area contributed by atoms with Crippen LogP contribution in [-0.2, 0) is 43.2 Å². The lowest BCUT2D eigenvalue weighted by Gasteiger charge is -2.34. The molecule has 1 aliphatic rings. The van der Waals surface area contributed by atoms with E-state index < -0.39 is 41.1 Å². The fourth-order valence-corrected chi connectivity index (χ4v) is 7.45. The number of carbonyl (C=O) groups excluding carboxylic acids is 3. The molecule has 3 N–H and O–H groups in total. The Balaban J connectivity index is 1.53. The Morgan fingerprint density at radius 2 is 1.87 bits per heavy atom. The van der Waals surface area contributed by atoms with Gasteiger partial charge in [0.1, 0.15) is 17.7 Å². The van der Waals surface area contributed by atoms with Crippen LogP contribution >= 0.6 is 11.3 Å². The molecule has 4 aromatic heterocycles. The van der Waals surface area contributed by atoms with Gasteiger partial charge in [-0.15, -0.1) is 11.3 Å². The van der Waals surface area contributed by atoms with Crippen LogP contribution in [0.3, 0.4) is 0 Å². The highest BCUT2D eigenvalue weighted by Gasteiger charge is 2.35. The van der Waals surface area contributed by atoms with Crippen molar-refractivity contribution < 1.29 is 33.7 Å². The molecule has 0 saturated carbocycles. The average Bonchev–Trinajstić information content (AvgIpc) is 3.74. The predicted octanol–water partition coefficient (Wildman–Crippen LogP) is 5.61. The smallest absolute Gasteiger partial charge is 0.408 e. The zero-order valence-corrected chi connectivity index (χ0v) is 33.5. The van der Waals surface area contributed by atoms with E-state index in [1.54, 1.807) is 34.1 Å². The minimum atomic E-state index is -1.03. The number of aliphatic hydroxyl groups is 1. The fraction of sp³-hybridized carbons (Fsp3) is 0.538. The van der Waals surface area contributed by atoms with Crippen molar-refractivity contribution in [1.82, 2.24) is 35.3 Å². The van der Waals surface area contributed by atoms with Crippen LogP contribution in [0, 0.1) is 5.41 Å². The van der Waals surface area contributed by atoms with E-state index in [-0.39, 0.29) is 19.1 Å². The van der Waals surface area contributed by atoms with Crippen LogP contribution in [0.1, 0.15) is 83.7 Å². The minimum absolute atomic E-state index is 0.0116. The maximum Gasteiger partial charge on any atom is 0.408 e. The summed E-state index contributed by atoms with van der Waals surface area (Å²) < 4.78 is 18.3. The van der Waals surface area contributed by atoms with E-state index in [0.717, 1.165) is 33.5 Å². The molecule has 292 valence electrons. The number of hydrazine groups is 1. The second-order valence-electron chi connectivity index (χ2n) is 15.3. The molecule has 0 aliphatic carbocycles. The summed E-state index contributed by atoms with van der Waals surface area (Å²) in [5, 5.41) is 17.0. The molecule has 0 spiro atoms. The van der Waals surface area contributed by atoms with Crippen LogP contribution in [0.2, 0.25) is 0 Å². The van der Waals surface area contributed by atoms with Crippen molar-refractivity contribution in [2.45, 2.75) is 104 Å². The molecular formula is C39H53N7O7S. The van der Waals surface area contributed by atoms with E-state index in [2.05, 4.69) is 28.3 Å². The molecule has 54 heavy (non-hydrogen) atoms. The van der Waals surface area contributed by atoms with Crippen LogP contribution in [0.15, 0.2) is 35.8 Å². The zero-order valence-electron chi connectivity index (χ0n) is 32.7. The van der Waals surface area contributed by atoms with E-state index in [1.807, 2.05) is 44.4 Å². The van der Waals surface area contributed by atoms with Gasteiger partial charge in [-0.05, 0) is 83.6 Å². The maximum absolute atomic E-state index is 13.9. The number of carbonyl (C=O) groups is 3. The van der Waals surface area contributed by atoms with Gasteiger partial charge in [-0.2, -0.15) is 0 Å². The Morgan fingerprint density at radius 3 is 2.54 bits per heavy atom. The van der Waals surface area contributed by atoms with Crippen molar-refractivity contribution in [3.8, 4) is 22.6 Å². The SMILES string of the molecule is CCn1c(-c2cccnc2[C@H](C)OC)c(CC(C)(C)CO)c2nc(-c3csc(C[C@H](NC(=O)OC(C)(C)C)C(=O)N4CCC[C@@H](C(=O)OC)N4)n3)ccc21. The lowest BCUT2D eigenvalue weighted by atomic mass is 9.85. The minimum Gasteiger partial charge on any atom is -0.468 e. The highest BCUT2D eigenvalue weighted by molar-refractivity contribution is 7.10. The highest BCUT2D eigenvalue weighted by atomic mass is 32.1. The molecule has 1 aliphatic heterocycles. The van der Waals surface area contributed by atoms with Gasteiger partial charge in [0.25, 0.3) is 5.91 Å². The number of alkyl carbamates (subject to hydrolysis) is 1. The number of nitrogens with one attached hydrogen (secondary N) is 2. The number of hydrogen-bond acceptors (Lipinski definition) is 12. The molecule has 15 heteroatoms. The summed E-state index contributed by atoms with van der Waals surface area (Å²) in [6.45, 7) is 14.4. The molecular weight excluding hydrogens is 711 g/mol. The van der Waals surface area contributed by atoms with Crippen molar-refractivity contribution in [3.63, 3.8) is 0 Å². The highest BCUT2D eigenvalue weighted by Crippen LogP contribution is 2.40. The lowest BCUT2D eigenvalue weighted by molar-refractivity contribution is -0.150. The molecule has 4 aromatic rings. The topological polar surface area (TPSA) is 170 Å². The van der Waals surface area contributed by atoms with Gasteiger partial charge in [0.15, 0.2) is 0 Å². The number of ether oxygens (including phenoxy) is 3. The first-order valence-corrected chi connectivity index (χ1v) is 19.2. The molecule has 0 bridgehead atoms. The van der Waals surface area contributed by atoms with Crippen LogP contribution in [0.4, 0.5) is 4.79 Å². The van der Waals surface area contributed by atoms with Crippen LogP contribution in [-0.4, -0.2) is 92.7 Å². The molecule has 1 fully saturated rings. The summed E-state index contributed by atoms with van der Waals surface area (Å²) in [6.07, 6.45) is 2.52. The van der Waals surface area contributed by atoms with Crippen LogP contribution < -0.4 is 10.7 Å². The number of methoxy groups -OCH3 is 2. The largest absolute Gasteiger partial charge is 0.468 e. The van der Waals surface area contributed by atoms with Crippen molar-refractivity contribution in [2.75, 3.05) is 27.4 Å². The molecule has 0 radical (unpaired) electrons. The van der Waals surface area contributed by atoms with Gasteiger partial charge in [-0.3, -0.25) is 19.6 Å². The first-order valence-electron chi connectivity index (χ1n) is 18.3. The first kappa shape index (κ1) is 40.7. The van der Waals surface area contributed by atoms with Crippen LogP contribution in [0.25, 0.3) is 33.7 Å². The number of hydrogen-bond donors (Lipinski definition) is 3. The third-order valence-electron chi connectivity index (χ3n) is 9.36. The number of aryl methyl sites for hydroxylation is 1. The molecule has 2 amide bonds. The van der Waals surface area contributed by atoms with Gasteiger partial charge in [0.2, 0.25) is 0 Å². The number of fused-ring (bicyclic) bond motifs is 1. The zero-order chi connectivity index (χ0) is 39.4. The number of thiazole rings is 1. The van der Waals surface area contributed by atoms with Crippen LogP contribution in [0.5, 0.6) is 0 Å². The van der Waals surface area contributed by atoms with Crippen molar-refractivity contribution in [2.24, 2.45) is 5.41 Å². The fourth-order valence-electron chi connectivity index (χ4n) is 6.61. The summed E-state index contributed by atoms with van der Waals surface area (Å²) in [6, 6.07) is 6.25. The van der Waals surface area contributed by atoms with E-state index in [1.165, 1.54) is 23.5 Å². The van der Waals surface area contributed by atoms with E-state index >= 15 is 0 Å². The Morgan fingerprint density at radius 1 is 1.11 bits per heavy atom. The average molecular weight is 764 g/mol. The Bertz CT molecular complexity index is 1970. The molecule has 5 rings (SSSR count). The van der Waals surface area contributed by atoms with E-state index in [0.29, 0.717) is 48.7 Å². The maximum atomic E-state index is 13.9. The standard InChI is InChI=1S/C39H53N7O7S/c1-10-45-30-16-15-26(42-33(30)25(20-39(6,7)22-47)34(45)24-13-11-17-40-32(24)23(2)51-8)29-21-54-31(41-29)19-28(43-37(50)53-38(3,4)5)35(48)46-18-12-14-27(44-46)36(49)52-9/h11,13,15-17,21,23,27-28,44,47H,10,12,14,18-20,22H2,1-9H3,(H,43,50)/t23-,27-,28-/m0/s1. The van der Waals surface area contributed by atoms with Crippen molar-refractivity contribution >= 4 is 40.3 Å². The normalized spacial score (nSPS) is 16.3. The van der Waals surface area contributed by atoms with Gasteiger partial charge in [-0.25, -0.2) is 20.2 Å². The summed E-state index contributed by atoms with van der Waals surface area (Å²) in [5.41, 5.74) is 8.50. The van der Waals surface area contributed by atoms with Crippen molar-refractivity contribution in [3.05, 3.63) is 52.1 Å². The number of rotatable bonds is 13. The number of aliphatic hydroxyl groups excluding tert-OH is 1. The summed E-state index contributed by atoms with van der Waals surface area (Å²) in [5.74, 6) is -0.888. The number of amides is 2. The molecule has 0 aromatic carbocycles. The van der Waals surface area contributed by atoms with E-state index in [4.69, 9.17) is 29.2 Å². The number of pyridine rings is 2. The second-order valence-corrected chi connectivity index (χ2v) is 16.3. The number of aromatic nitrogens is 4. The summed E-state index contributed by atoms with van der Waals surface area (Å²) in [4.78, 5) is 53.9. The van der Waals surface area contributed by atoms with Gasteiger partial charge in [-0.1, -0.05) is 13.8 Å². The molecule has 14 nitrogen and oxygen atoms in total. The third-order valence-corrected chi connectivity index (χ3v) is 10.2. The summed E-state index contributed by atoms with van der Waals surface area (Å²) >= 11 is 1.36. The Kier molecular flexibility index (Phi) is 12.8.